The van der Waals surface area contributed by atoms with Crippen molar-refractivity contribution in [2.24, 2.45) is 5.92 Å². The van der Waals surface area contributed by atoms with Crippen LogP contribution in [0.3, 0.4) is 0 Å². The minimum absolute atomic E-state index is 0.0879. The molecule has 1 unspecified atom stereocenters. The van der Waals surface area contributed by atoms with E-state index in [0.29, 0.717) is 12.0 Å². The van der Waals surface area contributed by atoms with Crippen LogP contribution >= 0.6 is 0 Å². The van der Waals surface area contributed by atoms with Crippen molar-refractivity contribution in [3.05, 3.63) is 29.3 Å². The highest BCUT2D eigenvalue weighted by Gasteiger charge is 2.27. The highest BCUT2D eigenvalue weighted by Crippen LogP contribution is 2.29. The van der Waals surface area contributed by atoms with E-state index in [0.717, 1.165) is 24.4 Å². The van der Waals surface area contributed by atoms with Crippen LogP contribution in [0.4, 0.5) is 0 Å². The smallest absolute Gasteiger partial charge is 0.123 e. The van der Waals surface area contributed by atoms with Gasteiger partial charge in [-0.15, -0.1) is 0 Å². The zero-order valence-corrected chi connectivity index (χ0v) is 12.2. The maximum absolute atomic E-state index is 9.27. The standard InChI is InChI=1S/C16H25NO2/c1-12(2)15-5-4-8-17(15)10-14-9-13(11-18)6-7-16(14)19-3/h6-7,9,12,15,18H,4-5,8,10-11H2,1-3H3. The fraction of sp³-hybridized carbons (Fsp3) is 0.625. The first-order valence-corrected chi connectivity index (χ1v) is 7.16. The first-order chi connectivity index (χ1) is 9.15. The third-order valence-electron chi connectivity index (χ3n) is 4.08. The minimum atomic E-state index is 0.0879. The summed E-state index contributed by atoms with van der Waals surface area (Å²) in [7, 11) is 1.71. The Labute approximate surface area is 116 Å². The Balaban J connectivity index is 2.17. The number of aliphatic hydroxyl groups is 1. The van der Waals surface area contributed by atoms with Crippen LogP contribution in [0.15, 0.2) is 18.2 Å². The Bertz CT molecular complexity index is 417. The summed E-state index contributed by atoms with van der Waals surface area (Å²) in [5, 5.41) is 9.27. The summed E-state index contributed by atoms with van der Waals surface area (Å²) in [4.78, 5) is 2.55. The molecule has 1 aromatic carbocycles. The fourth-order valence-corrected chi connectivity index (χ4v) is 3.08. The number of likely N-dealkylation sites (tertiary alicyclic amines) is 1. The van der Waals surface area contributed by atoms with Crippen LogP contribution in [0, 0.1) is 5.92 Å². The van der Waals surface area contributed by atoms with E-state index in [1.807, 2.05) is 12.1 Å². The summed E-state index contributed by atoms with van der Waals surface area (Å²) in [6.45, 7) is 6.76. The number of benzene rings is 1. The van der Waals surface area contributed by atoms with Gasteiger partial charge in [0.2, 0.25) is 0 Å². The predicted molar refractivity (Wildman–Crippen MR) is 77.2 cm³/mol. The van der Waals surface area contributed by atoms with E-state index >= 15 is 0 Å². The molecular formula is C16H25NO2. The van der Waals surface area contributed by atoms with E-state index in [2.05, 4.69) is 24.8 Å². The molecule has 0 aliphatic carbocycles. The second-order valence-electron chi connectivity index (χ2n) is 5.73. The van der Waals surface area contributed by atoms with Gasteiger partial charge in [-0.25, -0.2) is 0 Å². The highest BCUT2D eigenvalue weighted by atomic mass is 16.5. The molecule has 1 N–H and O–H groups in total. The zero-order valence-electron chi connectivity index (χ0n) is 12.2. The molecule has 1 fully saturated rings. The van der Waals surface area contributed by atoms with Gasteiger partial charge in [-0.2, -0.15) is 0 Å². The van der Waals surface area contributed by atoms with Crippen molar-refractivity contribution in [1.82, 2.24) is 4.90 Å². The second-order valence-corrected chi connectivity index (χ2v) is 5.73. The van der Waals surface area contributed by atoms with E-state index in [-0.39, 0.29) is 6.61 Å². The van der Waals surface area contributed by atoms with Gasteiger partial charge in [-0.05, 0) is 43.0 Å². The second kappa shape index (κ2) is 6.40. The summed E-state index contributed by atoms with van der Waals surface area (Å²) in [6, 6.07) is 6.62. The summed E-state index contributed by atoms with van der Waals surface area (Å²) < 4.78 is 5.44. The number of rotatable bonds is 5. The first kappa shape index (κ1) is 14.4. The summed E-state index contributed by atoms with van der Waals surface area (Å²) in [6.07, 6.45) is 2.57. The average Bonchev–Trinajstić information content (AvgIpc) is 2.87. The van der Waals surface area contributed by atoms with Crippen molar-refractivity contribution >= 4 is 0 Å². The van der Waals surface area contributed by atoms with Gasteiger partial charge in [0.15, 0.2) is 0 Å². The molecule has 2 rings (SSSR count). The number of hydrogen-bond acceptors (Lipinski definition) is 3. The summed E-state index contributed by atoms with van der Waals surface area (Å²) >= 11 is 0. The third-order valence-corrected chi connectivity index (χ3v) is 4.08. The topological polar surface area (TPSA) is 32.7 Å². The van der Waals surface area contributed by atoms with Crippen LogP contribution in [0.5, 0.6) is 5.75 Å². The van der Waals surface area contributed by atoms with Crippen LogP contribution < -0.4 is 4.74 Å². The normalized spacial score (nSPS) is 20.2. The Morgan fingerprint density at radius 2 is 2.21 bits per heavy atom. The Hall–Kier alpha value is -1.06. The van der Waals surface area contributed by atoms with Crippen molar-refractivity contribution in [2.75, 3.05) is 13.7 Å². The molecule has 1 atom stereocenters. The van der Waals surface area contributed by atoms with Gasteiger partial charge in [0.1, 0.15) is 5.75 Å². The van der Waals surface area contributed by atoms with Gasteiger partial charge in [-0.1, -0.05) is 19.9 Å². The summed E-state index contributed by atoms with van der Waals surface area (Å²) in [5.41, 5.74) is 2.14. The third kappa shape index (κ3) is 3.28. The lowest BCUT2D eigenvalue weighted by atomic mass is 10.0. The molecule has 106 valence electrons. The predicted octanol–water partition coefficient (Wildman–Crippen LogP) is 2.81. The van der Waals surface area contributed by atoms with Gasteiger partial charge in [-0.3, -0.25) is 4.90 Å². The minimum Gasteiger partial charge on any atom is -0.496 e. The van der Waals surface area contributed by atoms with E-state index < -0.39 is 0 Å². The maximum atomic E-state index is 9.27. The van der Waals surface area contributed by atoms with Gasteiger partial charge < -0.3 is 9.84 Å². The molecular weight excluding hydrogens is 238 g/mol. The van der Waals surface area contributed by atoms with Crippen molar-refractivity contribution < 1.29 is 9.84 Å². The number of nitrogens with zero attached hydrogens (tertiary/aromatic N) is 1. The maximum Gasteiger partial charge on any atom is 0.123 e. The van der Waals surface area contributed by atoms with Crippen LogP contribution in [-0.2, 0) is 13.2 Å². The first-order valence-electron chi connectivity index (χ1n) is 7.16. The van der Waals surface area contributed by atoms with E-state index in [9.17, 15) is 5.11 Å². The molecule has 0 radical (unpaired) electrons. The van der Waals surface area contributed by atoms with Crippen LogP contribution in [-0.4, -0.2) is 29.7 Å². The van der Waals surface area contributed by atoms with Crippen LogP contribution in [0.25, 0.3) is 0 Å². The molecule has 0 saturated carbocycles. The average molecular weight is 263 g/mol. The number of ether oxygens (including phenoxy) is 1. The number of hydrogen-bond donors (Lipinski definition) is 1. The molecule has 1 aliphatic heterocycles. The summed E-state index contributed by atoms with van der Waals surface area (Å²) in [5.74, 6) is 1.61. The molecule has 19 heavy (non-hydrogen) atoms. The van der Waals surface area contributed by atoms with Crippen molar-refractivity contribution in [3.63, 3.8) is 0 Å². The molecule has 1 aromatic rings. The molecule has 1 saturated heterocycles. The molecule has 0 bridgehead atoms. The largest absolute Gasteiger partial charge is 0.496 e. The highest BCUT2D eigenvalue weighted by molar-refractivity contribution is 5.37. The molecule has 0 aromatic heterocycles. The van der Waals surface area contributed by atoms with Crippen molar-refractivity contribution in [3.8, 4) is 5.75 Å². The van der Waals surface area contributed by atoms with Crippen molar-refractivity contribution in [2.45, 2.75) is 45.9 Å². The SMILES string of the molecule is COc1ccc(CO)cc1CN1CCCC1C(C)C. The lowest BCUT2D eigenvalue weighted by Gasteiger charge is -2.28. The lowest BCUT2D eigenvalue weighted by Crippen LogP contribution is -2.33. The molecule has 1 heterocycles. The molecule has 0 spiro atoms. The van der Waals surface area contributed by atoms with Gasteiger partial charge in [0.25, 0.3) is 0 Å². The van der Waals surface area contributed by atoms with E-state index in [4.69, 9.17) is 4.74 Å². The monoisotopic (exact) mass is 263 g/mol. The lowest BCUT2D eigenvalue weighted by molar-refractivity contribution is 0.196. The molecule has 3 nitrogen and oxygen atoms in total. The van der Waals surface area contributed by atoms with Gasteiger partial charge >= 0.3 is 0 Å². The number of aliphatic hydroxyl groups excluding tert-OH is 1. The number of methoxy groups -OCH3 is 1. The molecule has 1 aliphatic rings. The molecule has 3 heteroatoms. The van der Waals surface area contributed by atoms with E-state index in [1.165, 1.54) is 18.4 Å². The Kier molecular flexibility index (Phi) is 4.83. The van der Waals surface area contributed by atoms with Crippen LogP contribution in [0.2, 0.25) is 0 Å². The van der Waals surface area contributed by atoms with E-state index in [1.54, 1.807) is 7.11 Å². The Morgan fingerprint density at radius 1 is 1.42 bits per heavy atom. The zero-order chi connectivity index (χ0) is 13.8. The Morgan fingerprint density at radius 3 is 2.84 bits per heavy atom. The van der Waals surface area contributed by atoms with Gasteiger partial charge in [0, 0.05) is 18.2 Å². The quantitative estimate of drug-likeness (QED) is 0.886. The van der Waals surface area contributed by atoms with Crippen molar-refractivity contribution in [1.29, 1.82) is 0 Å². The van der Waals surface area contributed by atoms with Gasteiger partial charge in [0.05, 0.1) is 13.7 Å². The fourth-order valence-electron chi connectivity index (χ4n) is 3.08. The molecule has 0 amide bonds. The van der Waals surface area contributed by atoms with Crippen LogP contribution in [0.1, 0.15) is 37.8 Å².